The van der Waals surface area contributed by atoms with E-state index < -0.39 is 11.5 Å². The van der Waals surface area contributed by atoms with E-state index >= 15 is 0 Å². The van der Waals surface area contributed by atoms with Crippen LogP contribution in [0.2, 0.25) is 0 Å². The van der Waals surface area contributed by atoms with Crippen molar-refractivity contribution in [2.24, 2.45) is 0 Å². The average Bonchev–Trinajstić information content (AvgIpc) is 2.67. The zero-order chi connectivity index (χ0) is 12.0. The van der Waals surface area contributed by atoms with Gasteiger partial charge in [-0.15, -0.1) is 0 Å². The Morgan fingerprint density at radius 2 is 2.35 bits per heavy atom. The second kappa shape index (κ2) is 3.42. The highest BCUT2D eigenvalue weighted by Crippen LogP contribution is 2.16. The molecule has 0 fully saturated rings. The lowest BCUT2D eigenvalue weighted by atomic mass is 10.1. The number of nitrogens with zero attached hydrogens (tertiary/aromatic N) is 2. The molecule has 1 aliphatic rings. The number of fused-ring (bicyclic) bond motifs is 3. The molecule has 3 N–H and O–H groups in total. The molecule has 1 aliphatic heterocycles. The van der Waals surface area contributed by atoms with Gasteiger partial charge >= 0.3 is 5.97 Å². The molecular formula is C10H10N4O3. The number of aromatic amines is 1. The third kappa shape index (κ3) is 1.43. The Morgan fingerprint density at radius 1 is 1.53 bits per heavy atom. The quantitative estimate of drug-likeness (QED) is 0.610. The molecule has 3 rings (SSSR count). The van der Waals surface area contributed by atoms with Gasteiger partial charge < -0.3 is 15.4 Å². The van der Waals surface area contributed by atoms with Gasteiger partial charge in [0.2, 0.25) is 0 Å². The molecule has 0 amide bonds. The van der Waals surface area contributed by atoms with Crippen molar-refractivity contribution >= 4 is 11.5 Å². The molecule has 17 heavy (non-hydrogen) atoms. The molecule has 3 heterocycles. The molecule has 0 bridgehead atoms. The van der Waals surface area contributed by atoms with E-state index in [1.165, 1.54) is 10.7 Å². The molecule has 0 atom stereocenters. The maximum Gasteiger partial charge on any atom is 0.354 e. The first-order valence-electron chi connectivity index (χ1n) is 5.24. The normalized spacial score (nSPS) is 14.8. The van der Waals surface area contributed by atoms with Crippen LogP contribution in [0, 0.1) is 0 Å². The molecule has 0 unspecified atom stereocenters. The summed E-state index contributed by atoms with van der Waals surface area (Å²) in [7, 11) is 0. The predicted octanol–water partition coefficient (Wildman–Crippen LogP) is -0.633. The Morgan fingerprint density at radius 3 is 3.12 bits per heavy atom. The van der Waals surface area contributed by atoms with Gasteiger partial charge in [0.05, 0.1) is 11.9 Å². The van der Waals surface area contributed by atoms with Gasteiger partial charge in [-0.1, -0.05) is 0 Å². The molecule has 0 aliphatic carbocycles. The number of hydrogen-bond acceptors (Lipinski definition) is 4. The predicted molar refractivity (Wildman–Crippen MR) is 58.2 cm³/mol. The number of hydrogen-bond donors (Lipinski definition) is 3. The minimum absolute atomic E-state index is 0.157. The molecule has 0 saturated carbocycles. The minimum atomic E-state index is -1.17. The summed E-state index contributed by atoms with van der Waals surface area (Å²) in [6.45, 7) is 1.41. The Labute approximate surface area is 95.1 Å². The molecule has 0 aromatic carbocycles. The highest BCUT2D eigenvalue weighted by atomic mass is 16.4. The standard InChI is InChI=1S/C10H10N4O3/c15-9-8-5-3-11-2-1-6(5)13-14(8)4-7(12-9)10(16)17/h4,11H,1-3H2,(H,12,15)(H,16,17). The first-order chi connectivity index (χ1) is 8.16. The topological polar surface area (TPSA) is 99.5 Å². The van der Waals surface area contributed by atoms with Crippen LogP contribution in [0.25, 0.3) is 5.52 Å². The van der Waals surface area contributed by atoms with Crippen LogP contribution in [0.5, 0.6) is 0 Å². The lowest BCUT2D eigenvalue weighted by Gasteiger charge is -2.10. The third-order valence-corrected chi connectivity index (χ3v) is 2.88. The summed E-state index contributed by atoms with van der Waals surface area (Å²) in [6, 6.07) is 0. The first-order valence-corrected chi connectivity index (χ1v) is 5.24. The van der Waals surface area contributed by atoms with E-state index in [0.717, 1.165) is 24.2 Å². The monoisotopic (exact) mass is 234 g/mol. The fraction of sp³-hybridized carbons (Fsp3) is 0.300. The Kier molecular flexibility index (Phi) is 2.02. The molecule has 7 nitrogen and oxygen atoms in total. The van der Waals surface area contributed by atoms with E-state index in [1.807, 2.05) is 0 Å². The average molecular weight is 234 g/mol. The molecular weight excluding hydrogens is 224 g/mol. The number of carboxylic acids is 1. The zero-order valence-corrected chi connectivity index (χ0v) is 8.86. The van der Waals surface area contributed by atoms with Gasteiger partial charge in [-0.25, -0.2) is 9.31 Å². The summed E-state index contributed by atoms with van der Waals surface area (Å²) < 4.78 is 1.36. The van der Waals surface area contributed by atoms with E-state index in [4.69, 9.17) is 5.11 Å². The number of carboxylic acid groups (broad SMARTS) is 1. The number of rotatable bonds is 1. The van der Waals surface area contributed by atoms with Crippen LogP contribution < -0.4 is 10.9 Å². The molecule has 0 spiro atoms. The Bertz CT molecular complexity index is 670. The molecule has 88 valence electrons. The van der Waals surface area contributed by atoms with Crippen molar-refractivity contribution in [2.45, 2.75) is 13.0 Å². The fourth-order valence-electron chi connectivity index (χ4n) is 2.10. The maximum absolute atomic E-state index is 11.8. The second-order valence-corrected chi connectivity index (χ2v) is 3.95. The zero-order valence-electron chi connectivity index (χ0n) is 8.86. The molecule has 7 heteroatoms. The lowest BCUT2D eigenvalue weighted by Crippen LogP contribution is -2.24. The highest BCUT2D eigenvalue weighted by molar-refractivity contribution is 5.85. The van der Waals surface area contributed by atoms with Crippen molar-refractivity contribution in [3.8, 4) is 0 Å². The van der Waals surface area contributed by atoms with Crippen molar-refractivity contribution < 1.29 is 9.90 Å². The summed E-state index contributed by atoms with van der Waals surface area (Å²) in [5.74, 6) is -1.17. The van der Waals surface area contributed by atoms with E-state index in [-0.39, 0.29) is 5.69 Å². The molecule has 2 aromatic rings. The first kappa shape index (κ1) is 10.0. The van der Waals surface area contributed by atoms with Gasteiger partial charge in [0.15, 0.2) is 0 Å². The van der Waals surface area contributed by atoms with Crippen LogP contribution in [-0.2, 0) is 13.0 Å². The van der Waals surface area contributed by atoms with Crippen LogP contribution in [0.4, 0.5) is 0 Å². The molecule has 0 saturated heterocycles. The number of aromatic carboxylic acids is 1. The third-order valence-electron chi connectivity index (χ3n) is 2.88. The summed E-state index contributed by atoms with van der Waals surface area (Å²) in [5, 5.41) is 16.3. The summed E-state index contributed by atoms with van der Waals surface area (Å²) in [5.41, 5.74) is 1.57. The number of aromatic nitrogens is 3. The highest BCUT2D eigenvalue weighted by Gasteiger charge is 2.19. The van der Waals surface area contributed by atoms with E-state index in [0.29, 0.717) is 12.1 Å². The molecule has 0 radical (unpaired) electrons. The van der Waals surface area contributed by atoms with Crippen molar-refractivity contribution in [2.75, 3.05) is 6.54 Å². The summed E-state index contributed by atoms with van der Waals surface area (Å²) in [4.78, 5) is 25.0. The van der Waals surface area contributed by atoms with Crippen LogP contribution in [0.3, 0.4) is 0 Å². The Hall–Kier alpha value is -2.15. The summed E-state index contributed by atoms with van der Waals surface area (Å²) >= 11 is 0. The van der Waals surface area contributed by atoms with Crippen LogP contribution in [-0.4, -0.2) is 32.2 Å². The number of H-pyrrole nitrogens is 1. The van der Waals surface area contributed by atoms with Gasteiger partial charge in [0.25, 0.3) is 5.56 Å². The number of nitrogens with one attached hydrogen (secondary N) is 2. The second-order valence-electron chi connectivity index (χ2n) is 3.95. The molecule has 2 aromatic heterocycles. The lowest BCUT2D eigenvalue weighted by molar-refractivity contribution is 0.0689. The van der Waals surface area contributed by atoms with Gasteiger partial charge in [0, 0.05) is 25.1 Å². The van der Waals surface area contributed by atoms with Gasteiger partial charge in [0.1, 0.15) is 11.2 Å². The number of carbonyl (C=O) groups is 1. The summed E-state index contributed by atoms with van der Waals surface area (Å²) in [6.07, 6.45) is 2.08. The van der Waals surface area contributed by atoms with Gasteiger partial charge in [-0.05, 0) is 0 Å². The van der Waals surface area contributed by atoms with Crippen LogP contribution >= 0.6 is 0 Å². The van der Waals surface area contributed by atoms with E-state index in [9.17, 15) is 9.59 Å². The SMILES string of the molecule is O=C(O)c1cn2nc3c(c2c(=O)[nH]1)CNCC3. The van der Waals surface area contributed by atoms with Crippen LogP contribution in [0.15, 0.2) is 11.0 Å². The minimum Gasteiger partial charge on any atom is -0.477 e. The van der Waals surface area contributed by atoms with Crippen molar-refractivity contribution in [3.63, 3.8) is 0 Å². The van der Waals surface area contributed by atoms with Crippen LogP contribution in [0.1, 0.15) is 21.7 Å². The van der Waals surface area contributed by atoms with Crippen molar-refractivity contribution in [1.29, 1.82) is 0 Å². The fourth-order valence-corrected chi connectivity index (χ4v) is 2.10. The van der Waals surface area contributed by atoms with Gasteiger partial charge in [-0.2, -0.15) is 5.10 Å². The Balaban J connectivity index is 2.34. The van der Waals surface area contributed by atoms with Crippen molar-refractivity contribution in [1.82, 2.24) is 19.9 Å². The smallest absolute Gasteiger partial charge is 0.354 e. The van der Waals surface area contributed by atoms with Gasteiger partial charge in [-0.3, -0.25) is 4.79 Å². The van der Waals surface area contributed by atoms with E-state index in [1.54, 1.807) is 0 Å². The largest absolute Gasteiger partial charge is 0.477 e. The maximum atomic E-state index is 11.8. The van der Waals surface area contributed by atoms with E-state index in [2.05, 4.69) is 15.4 Å². The van der Waals surface area contributed by atoms with Crippen molar-refractivity contribution in [3.05, 3.63) is 33.5 Å².